The highest BCUT2D eigenvalue weighted by Crippen LogP contribution is 2.17. The molecule has 1 aromatic carbocycles. The Morgan fingerprint density at radius 3 is 2.79 bits per heavy atom. The molecule has 3 rings (SSSR count). The van der Waals surface area contributed by atoms with Gasteiger partial charge < -0.3 is 15.4 Å². The number of aryl methyl sites for hydroxylation is 1. The van der Waals surface area contributed by atoms with Gasteiger partial charge in [-0.25, -0.2) is 4.68 Å². The molecule has 0 bridgehead atoms. The Morgan fingerprint density at radius 2 is 2.12 bits per heavy atom. The molecular formula is C17H23ClN4O2. The summed E-state index contributed by atoms with van der Waals surface area (Å²) < 4.78 is 7.38. The summed E-state index contributed by atoms with van der Waals surface area (Å²) in [5.41, 5.74) is 4.03. The summed E-state index contributed by atoms with van der Waals surface area (Å²) in [4.78, 5) is 12.2. The summed E-state index contributed by atoms with van der Waals surface area (Å²) >= 11 is 0. The lowest BCUT2D eigenvalue weighted by atomic mass is 10.2. The minimum absolute atomic E-state index is 0. The number of halogens is 1. The number of amides is 1. The molecule has 1 aliphatic heterocycles. The van der Waals surface area contributed by atoms with Crippen molar-refractivity contribution in [3.05, 3.63) is 47.3 Å². The summed E-state index contributed by atoms with van der Waals surface area (Å²) in [6.45, 7) is 6.38. The van der Waals surface area contributed by atoms with Crippen LogP contribution in [0.25, 0.3) is 5.69 Å². The van der Waals surface area contributed by atoms with E-state index in [2.05, 4.69) is 15.7 Å². The van der Waals surface area contributed by atoms with Crippen LogP contribution in [0.5, 0.6) is 0 Å². The second kappa shape index (κ2) is 8.28. The van der Waals surface area contributed by atoms with E-state index in [1.54, 1.807) is 0 Å². The third kappa shape index (κ3) is 3.95. The van der Waals surface area contributed by atoms with Crippen LogP contribution in [0.15, 0.2) is 30.3 Å². The summed E-state index contributed by atoms with van der Waals surface area (Å²) in [6.07, 6.45) is -0.409. The van der Waals surface area contributed by atoms with E-state index >= 15 is 0 Å². The second-order valence-corrected chi connectivity index (χ2v) is 5.68. The Kier molecular flexibility index (Phi) is 6.36. The van der Waals surface area contributed by atoms with E-state index < -0.39 is 6.10 Å². The molecule has 2 N–H and O–H groups in total. The molecular weight excluding hydrogens is 328 g/mol. The first-order valence-corrected chi connectivity index (χ1v) is 7.87. The maximum atomic E-state index is 12.2. The molecule has 0 radical (unpaired) electrons. The highest BCUT2D eigenvalue weighted by molar-refractivity contribution is 5.85. The third-order valence-electron chi connectivity index (χ3n) is 4.10. The largest absolute Gasteiger partial charge is 0.366 e. The molecule has 1 aromatic heterocycles. The van der Waals surface area contributed by atoms with Gasteiger partial charge in [0.2, 0.25) is 0 Å². The van der Waals surface area contributed by atoms with E-state index in [1.165, 1.54) is 0 Å². The summed E-state index contributed by atoms with van der Waals surface area (Å²) in [5, 5.41) is 10.7. The number of para-hydroxylation sites is 1. The topological polar surface area (TPSA) is 68.2 Å². The quantitative estimate of drug-likeness (QED) is 0.877. The summed E-state index contributed by atoms with van der Waals surface area (Å²) in [6, 6.07) is 9.99. The number of rotatable bonds is 4. The van der Waals surface area contributed by atoms with Crippen LogP contribution in [0.3, 0.4) is 0 Å². The number of benzene rings is 1. The van der Waals surface area contributed by atoms with Gasteiger partial charge in [-0.05, 0) is 26.0 Å². The zero-order chi connectivity index (χ0) is 16.2. The fourth-order valence-electron chi connectivity index (χ4n) is 2.77. The summed E-state index contributed by atoms with van der Waals surface area (Å²) in [5.74, 6) is -0.0801. The minimum Gasteiger partial charge on any atom is -0.366 e. The van der Waals surface area contributed by atoms with Crippen LogP contribution in [-0.2, 0) is 16.1 Å². The molecule has 0 spiro atoms. The minimum atomic E-state index is -0.409. The SMILES string of the molecule is Cc1nn(-c2ccccc2)c(C)c1CNC(=O)C1CNCCO1.Cl. The predicted octanol–water partition coefficient (Wildman–Crippen LogP) is 1.52. The zero-order valence-electron chi connectivity index (χ0n) is 13.9. The second-order valence-electron chi connectivity index (χ2n) is 5.68. The first kappa shape index (κ1) is 18.4. The lowest BCUT2D eigenvalue weighted by Crippen LogP contribution is -2.47. The maximum Gasteiger partial charge on any atom is 0.250 e. The van der Waals surface area contributed by atoms with Crippen molar-refractivity contribution in [3.8, 4) is 5.69 Å². The van der Waals surface area contributed by atoms with Gasteiger partial charge in [-0.15, -0.1) is 12.4 Å². The van der Waals surface area contributed by atoms with Crippen molar-refractivity contribution >= 4 is 18.3 Å². The first-order chi connectivity index (χ1) is 11.2. The van der Waals surface area contributed by atoms with Crippen molar-refractivity contribution in [1.82, 2.24) is 20.4 Å². The highest BCUT2D eigenvalue weighted by atomic mass is 35.5. The molecule has 24 heavy (non-hydrogen) atoms. The molecule has 7 heteroatoms. The predicted molar refractivity (Wildman–Crippen MR) is 94.7 cm³/mol. The van der Waals surface area contributed by atoms with Crippen molar-refractivity contribution < 1.29 is 9.53 Å². The lowest BCUT2D eigenvalue weighted by Gasteiger charge is -2.22. The number of carbonyl (C=O) groups excluding carboxylic acids is 1. The van der Waals surface area contributed by atoms with Gasteiger partial charge in [0.15, 0.2) is 0 Å². The Labute approximate surface area is 148 Å². The molecule has 130 valence electrons. The van der Waals surface area contributed by atoms with E-state index in [-0.39, 0.29) is 18.3 Å². The van der Waals surface area contributed by atoms with Gasteiger partial charge in [0, 0.05) is 30.9 Å². The number of nitrogens with zero attached hydrogens (tertiary/aromatic N) is 2. The van der Waals surface area contributed by atoms with Crippen molar-refractivity contribution in [1.29, 1.82) is 0 Å². The highest BCUT2D eigenvalue weighted by Gasteiger charge is 2.22. The molecule has 2 heterocycles. The number of ether oxygens (including phenoxy) is 1. The number of carbonyl (C=O) groups is 1. The number of aromatic nitrogens is 2. The average molecular weight is 351 g/mol. The van der Waals surface area contributed by atoms with E-state index in [4.69, 9.17) is 4.74 Å². The normalized spacial score (nSPS) is 17.2. The molecule has 1 aliphatic rings. The third-order valence-corrected chi connectivity index (χ3v) is 4.10. The first-order valence-electron chi connectivity index (χ1n) is 7.87. The molecule has 6 nitrogen and oxygen atoms in total. The molecule has 2 aromatic rings. The maximum absolute atomic E-state index is 12.2. The Bertz CT molecular complexity index is 681. The van der Waals surface area contributed by atoms with Gasteiger partial charge in [0.05, 0.1) is 18.0 Å². The average Bonchev–Trinajstić information content (AvgIpc) is 2.88. The molecule has 0 aliphatic carbocycles. The molecule has 1 saturated heterocycles. The van der Waals surface area contributed by atoms with Crippen LogP contribution in [0, 0.1) is 13.8 Å². The zero-order valence-corrected chi connectivity index (χ0v) is 14.7. The van der Waals surface area contributed by atoms with Crippen LogP contribution in [0.4, 0.5) is 0 Å². The lowest BCUT2D eigenvalue weighted by molar-refractivity contribution is -0.134. The van der Waals surface area contributed by atoms with E-state index in [1.807, 2.05) is 48.9 Å². The van der Waals surface area contributed by atoms with Crippen LogP contribution in [-0.4, -0.2) is 41.5 Å². The molecule has 1 unspecified atom stereocenters. The number of hydrogen-bond donors (Lipinski definition) is 2. The molecule has 1 atom stereocenters. The Morgan fingerprint density at radius 1 is 1.38 bits per heavy atom. The smallest absolute Gasteiger partial charge is 0.250 e. The number of hydrogen-bond acceptors (Lipinski definition) is 4. The van der Waals surface area contributed by atoms with E-state index in [0.717, 1.165) is 29.2 Å². The Balaban J connectivity index is 0.00000208. The van der Waals surface area contributed by atoms with Crippen LogP contribution in [0.2, 0.25) is 0 Å². The summed E-state index contributed by atoms with van der Waals surface area (Å²) in [7, 11) is 0. The van der Waals surface area contributed by atoms with Gasteiger partial charge >= 0.3 is 0 Å². The van der Waals surface area contributed by atoms with Gasteiger partial charge in [-0.2, -0.15) is 5.10 Å². The van der Waals surface area contributed by atoms with Gasteiger partial charge in [0.25, 0.3) is 5.91 Å². The van der Waals surface area contributed by atoms with Gasteiger partial charge in [-0.3, -0.25) is 4.79 Å². The van der Waals surface area contributed by atoms with E-state index in [0.29, 0.717) is 19.7 Å². The van der Waals surface area contributed by atoms with Crippen LogP contribution in [0.1, 0.15) is 17.0 Å². The van der Waals surface area contributed by atoms with Crippen LogP contribution >= 0.6 is 12.4 Å². The molecule has 0 saturated carbocycles. The molecule has 1 fully saturated rings. The van der Waals surface area contributed by atoms with Crippen molar-refractivity contribution in [2.45, 2.75) is 26.5 Å². The standard InChI is InChI=1S/C17H22N4O2.ClH/c1-12-15(10-19-17(22)16-11-18-8-9-23-16)13(2)21(20-12)14-6-4-3-5-7-14;/h3-7,16,18H,8-11H2,1-2H3,(H,19,22);1H. The van der Waals surface area contributed by atoms with Gasteiger partial charge in [0.1, 0.15) is 6.10 Å². The fraction of sp³-hybridized carbons (Fsp3) is 0.412. The van der Waals surface area contributed by atoms with E-state index in [9.17, 15) is 4.79 Å². The molecule has 1 amide bonds. The monoisotopic (exact) mass is 350 g/mol. The fourth-order valence-corrected chi connectivity index (χ4v) is 2.77. The van der Waals surface area contributed by atoms with Crippen molar-refractivity contribution in [2.75, 3.05) is 19.7 Å². The van der Waals surface area contributed by atoms with Crippen molar-refractivity contribution in [3.63, 3.8) is 0 Å². The number of morpholine rings is 1. The van der Waals surface area contributed by atoms with Gasteiger partial charge in [-0.1, -0.05) is 18.2 Å². The number of nitrogens with one attached hydrogen (secondary N) is 2. The van der Waals surface area contributed by atoms with Crippen LogP contribution < -0.4 is 10.6 Å². The van der Waals surface area contributed by atoms with Crippen molar-refractivity contribution in [2.24, 2.45) is 0 Å². The Hall–Kier alpha value is -1.89.